The van der Waals surface area contributed by atoms with Gasteiger partial charge in [-0.2, -0.15) is 0 Å². The molecular formula is C20H23NO3S. The van der Waals surface area contributed by atoms with Gasteiger partial charge in [0.2, 0.25) is 0 Å². The Balaban J connectivity index is 1.50. The van der Waals surface area contributed by atoms with E-state index in [1.165, 1.54) is 16.9 Å². The molecule has 0 spiro atoms. The Morgan fingerprint density at radius 3 is 2.92 bits per heavy atom. The highest BCUT2D eigenvalue weighted by molar-refractivity contribution is 7.10. The normalized spacial score (nSPS) is 18.6. The van der Waals surface area contributed by atoms with Crippen LogP contribution < -0.4 is 9.47 Å². The number of hydrogen-bond acceptors (Lipinski definition) is 4. The standard InChI is InChI=1S/C20H23NO3S/c1-13-3-5-15-16(12-25-19(15)9-13)20(22)21(2)11-14-4-6-17-18(10-14)24-8-7-23-17/h4,6,10,12-13H,3,5,7-9,11H2,1-2H3. The number of carbonyl (C=O) groups is 1. The number of nitrogens with zero attached hydrogens (tertiary/aromatic N) is 1. The fourth-order valence-corrected chi connectivity index (χ4v) is 4.83. The highest BCUT2D eigenvalue weighted by atomic mass is 32.1. The van der Waals surface area contributed by atoms with Gasteiger partial charge in [0.25, 0.3) is 5.91 Å². The molecule has 0 saturated carbocycles. The first-order valence-corrected chi connectivity index (χ1v) is 9.73. The third-order valence-electron chi connectivity index (χ3n) is 5.01. The lowest BCUT2D eigenvalue weighted by Gasteiger charge is -2.22. The number of ether oxygens (including phenoxy) is 2. The summed E-state index contributed by atoms with van der Waals surface area (Å²) >= 11 is 1.74. The molecule has 5 heteroatoms. The van der Waals surface area contributed by atoms with Crippen LogP contribution in [0.4, 0.5) is 0 Å². The second-order valence-electron chi connectivity index (χ2n) is 7.04. The van der Waals surface area contributed by atoms with Gasteiger partial charge in [-0.05, 0) is 48.4 Å². The number of benzene rings is 1. The van der Waals surface area contributed by atoms with Crippen LogP contribution in [0.2, 0.25) is 0 Å². The van der Waals surface area contributed by atoms with Crippen molar-refractivity contribution in [2.24, 2.45) is 5.92 Å². The van der Waals surface area contributed by atoms with Crippen LogP contribution in [0.3, 0.4) is 0 Å². The summed E-state index contributed by atoms with van der Waals surface area (Å²) in [6, 6.07) is 5.90. The van der Waals surface area contributed by atoms with Crippen LogP contribution in [-0.2, 0) is 19.4 Å². The van der Waals surface area contributed by atoms with E-state index in [0.29, 0.717) is 19.8 Å². The molecule has 0 radical (unpaired) electrons. The van der Waals surface area contributed by atoms with Crippen molar-refractivity contribution in [3.8, 4) is 11.5 Å². The second-order valence-corrected chi connectivity index (χ2v) is 8.00. The molecule has 0 fully saturated rings. The Kier molecular flexibility index (Phi) is 4.42. The van der Waals surface area contributed by atoms with Crippen molar-refractivity contribution in [3.05, 3.63) is 45.1 Å². The Morgan fingerprint density at radius 1 is 1.28 bits per heavy atom. The molecule has 2 aromatic rings. The molecular weight excluding hydrogens is 334 g/mol. The van der Waals surface area contributed by atoms with Crippen molar-refractivity contribution in [3.63, 3.8) is 0 Å². The number of hydrogen-bond donors (Lipinski definition) is 0. The van der Waals surface area contributed by atoms with Gasteiger partial charge in [0.05, 0.1) is 5.56 Å². The molecule has 1 aromatic heterocycles. The summed E-state index contributed by atoms with van der Waals surface area (Å²) in [5.74, 6) is 2.39. The summed E-state index contributed by atoms with van der Waals surface area (Å²) in [5.41, 5.74) is 3.23. The lowest BCUT2D eigenvalue weighted by molar-refractivity contribution is 0.0784. The van der Waals surface area contributed by atoms with Gasteiger partial charge in [0.15, 0.2) is 11.5 Å². The van der Waals surface area contributed by atoms with Crippen LogP contribution in [0.25, 0.3) is 0 Å². The molecule has 4 nitrogen and oxygen atoms in total. The maximum absolute atomic E-state index is 12.9. The largest absolute Gasteiger partial charge is 0.486 e. The van der Waals surface area contributed by atoms with E-state index in [0.717, 1.165) is 41.4 Å². The minimum absolute atomic E-state index is 0.113. The van der Waals surface area contributed by atoms with E-state index in [4.69, 9.17) is 9.47 Å². The van der Waals surface area contributed by atoms with E-state index in [2.05, 4.69) is 6.92 Å². The van der Waals surface area contributed by atoms with E-state index in [1.54, 1.807) is 16.2 Å². The van der Waals surface area contributed by atoms with Crippen molar-refractivity contribution < 1.29 is 14.3 Å². The fourth-order valence-electron chi connectivity index (χ4n) is 3.59. The summed E-state index contributed by atoms with van der Waals surface area (Å²) in [7, 11) is 1.87. The van der Waals surface area contributed by atoms with Crippen molar-refractivity contribution in [1.82, 2.24) is 4.90 Å². The number of fused-ring (bicyclic) bond motifs is 2. The van der Waals surface area contributed by atoms with Gasteiger partial charge in [0.1, 0.15) is 13.2 Å². The minimum atomic E-state index is 0.113. The molecule has 0 saturated heterocycles. The second kappa shape index (κ2) is 6.71. The topological polar surface area (TPSA) is 38.8 Å². The first-order valence-electron chi connectivity index (χ1n) is 8.85. The Labute approximate surface area is 152 Å². The van der Waals surface area contributed by atoms with Gasteiger partial charge in [-0.3, -0.25) is 4.79 Å². The average molecular weight is 357 g/mol. The number of thiophene rings is 1. The molecule has 0 bridgehead atoms. The van der Waals surface area contributed by atoms with Crippen molar-refractivity contribution in [2.45, 2.75) is 32.7 Å². The van der Waals surface area contributed by atoms with E-state index in [1.807, 2.05) is 30.6 Å². The molecule has 1 amide bonds. The summed E-state index contributed by atoms with van der Waals surface area (Å²) in [5, 5.41) is 2.05. The van der Waals surface area contributed by atoms with Crippen molar-refractivity contribution in [1.29, 1.82) is 0 Å². The summed E-state index contributed by atoms with van der Waals surface area (Å²) in [6.45, 7) is 4.02. The average Bonchev–Trinajstić information content (AvgIpc) is 3.03. The lowest BCUT2D eigenvalue weighted by Crippen LogP contribution is -2.27. The molecule has 1 aromatic carbocycles. The van der Waals surface area contributed by atoms with Crippen LogP contribution in [0.15, 0.2) is 23.6 Å². The maximum atomic E-state index is 12.9. The smallest absolute Gasteiger partial charge is 0.255 e. The highest BCUT2D eigenvalue weighted by Gasteiger charge is 2.25. The molecule has 1 aliphatic carbocycles. The zero-order valence-corrected chi connectivity index (χ0v) is 15.5. The fraction of sp³-hybridized carbons (Fsp3) is 0.450. The van der Waals surface area contributed by atoms with Gasteiger partial charge in [0, 0.05) is 23.8 Å². The number of rotatable bonds is 3. The van der Waals surface area contributed by atoms with Crippen molar-refractivity contribution in [2.75, 3.05) is 20.3 Å². The highest BCUT2D eigenvalue weighted by Crippen LogP contribution is 2.34. The molecule has 2 aliphatic rings. The van der Waals surface area contributed by atoms with Gasteiger partial charge in [-0.15, -0.1) is 11.3 Å². The SMILES string of the molecule is CC1CCc2c(C(=O)N(C)Cc3ccc4c(c3)OCCO4)csc2C1. The summed E-state index contributed by atoms with van der Waals surface area (Å²) in [4.78, 5) is 16.1. The summed E-state index contributed by atoms with van der Waals surface area (Å²) < 4.78 is 11.2. The quantitative estimate of drug-likeness (QED) is 0.836. The van der Waals surface area contributed by atoms with E-state index in [-0.39, 0.29) is 5.91 Å². The lowest BCUT2D eigenvalue weighted by atomic mass is 9.88. The van der Waals surface area contributed by atoms with E-state index < -0.39 is 0 Å². The summed E-state index contributed by atoms with van der Waals surface area (Å²) in [6.07, 6.45) is 3.31. The first kappa shape index (κ1) is 16.5. The van der Waals surface area contributed by atoms with E-state index in [9.17, 15) is 4.79 Å². The molecule has 2 heterocycles. The number of carbonyl (C=O) groups excluding carboxylic acids is 1. The minimum Gasteiger partial charge on any atom is -0.486 e. The molecule has 1 aliphatic heterocycles. The zero-order chi connectivity index (χ0) is 17.4. The van der Waals surface area contributed by atoms with Gasteiger partial charge >= 0.3 is 0 Å². The molecule has 4 rings (SSSR count). The Morgan fingerprint density at radius 2 is 2.08 bits per heavy atom. The molecule has 25 heavy (non-hydrogen) atoms. The third-order valence-corrected chi connectivity index (χ3v) is 6.06. The molecule has 0 N–H and O–H groups in total. The van der Waals surface area contributed by atoms with Gasteiger partial charge < -0.3 is 14.4 Å². The van der Waals surface area contributed by atoms with Gasteiger partial charge in [-0.1, -0.05) is 13.0 Å². The predicted molar refractivity (Wildman–Crippen MR) is 98.7 cm³/mol. The van der Waals surface area contributed by atoms with E-state index >= 15 is 0 Å². The van der Waals surface area contributed by atoms with Crippen molar-refractivity contribution >= 4 is 17.2 Å². The Hall–Kier alpha value is -2.01. The first-order chi connectivity index (χ1) is 12.1. The maximum Gasteiger partial charge on any atom is 0.255 e. The van der Waals surface area contributed by atoms with Crippen LogP contribution in [0, 0.1) is 5.92 Å². The van der Waals surface area contributed by atoms with Crippen LogP contribution in [0.1, 0.15) is 39.7 Å². The third kappa shape index (κ3) is 3.25. The molecule has 132 valence electrons. The van der Waals surface area contributed by atoms with Gasteiger partial charge in [-0.25, -0.2) is 0 Å². The molecule has 1 atom stereocenters. The molecule has 1 unspecified atom stereocenters. The van der Waals surface area contributed by atoms with Crippen LogP contribution in [-0.4, -0.2) is 31.1 Å². The monoisotopic (exact) mass is 357 g/mol. The van der Waals surface area contributed by atoms with Crippen LogP contribution >= 0.6 is 11.3 Å². The number of amides is 1. The Bertz CT molecular complexity index is 798. The predicted octanol–water partition coefficient (Wildman–Crippen LogP) is 3.92. The van der Waals surface area contributed by atoms with Crippen LogP contribution in [0.5, 0.6) is 11.5 Å². The zero-order valence-electron chi connectivity index (χ0n) is 14.7.